The predicted octanol–water partition coefficient (Wildman–Crippen LogP) is 5.74. The van der Waals surface area contributed by atoms with Crippen LogP contribution in [0.3, 0.4) is 0 Å². The zero-order valence-electron chi connectivity index (χ0n) is 15.6. The van der Waals surface area contributed by atoms with Gasteiger partial charge in [0, 0.05) is 16.4 Å². The molecule has 1 aromatic heterocycles. The number of rotatable bonds is 6. The van der Waals surface area contributed by atoms with E-state index >= 15 is 0 Å². The summed E-state index contributed by atoms with van der Waals surface area (Å²) in [6, 6.07) is 11.5. The van der Waals surface area contributed by atoms with E-state index < -0.39 is 5.76 Å². The molecule has 0 unspecified atom stereocenters. The van der Waals surface area contributed by atoms with E-state index in [0.29, 0.717) is 45.2 Å². The first-order chi connectivity index (χ1) is 13.3. The smallest absolute Gasteiger partial charge is 0.288 e. The maximum atomic E-state index is 12.7. The molecule has 0 bridgehead atoms. The Morgan fingerprint density at radius 2 is 1.86 bits per heavy atom. The number of anilines is 1. The molecular weight excluding hydrogens is 384 g/mol. The lowest BCUT2D eigenvalue weighted by Crippen LogP contribution is -2.13. The number of hydrogen-bond donors (Lipinski definition) is 1. The second kappa shape index (κ2) is 8.52. The van der Waals surface area contributed by atoms with Gasteiger partial charge >= 0.3 is 0 Å². The van der Waals surface area contributed by atoms with Crippen molar-refractivity contribution in [2.24, 2.45) is 0 Å². The van der Waals surface area contributed by atoms with E-state index in [-0.39, 0.29) is 11.8 Å². The molecule has 0 radical (unpaired) electrons. The van der Waals surface area contributed by atoms with Gasteiger partial charge in [-0.25, -0.2) is 0 Å². The number of alkyl halides is 2. The lowest BCUT2D eigenvalue weighted by Gasteiger charge is -2.12. The fourth-order valence-corrected chi connectivity index (χ4v) is 3.06. The molecule has 3 aromatic rings. The van der Waals surface area contributed by atoms with Gasteiger partial charge in [-0.1, -0.05) is 42.9 Å². The second-order valence-electron chi connectivity index (χ2n) is 6.47. The summed E-state index contributed by atoms with van der Waals surface area (Å²) in [5.41, 5.74) is 2.39. The van der Waals surface area contributed by atoms with Crippen LogP contribution < -0.4 is 5.32 Å². The van der Waals surface area contributed by atoms with Gasteiger partial charge in [0.05, 0.1) is 11.3 Å². The highest BCUT2D eigenvalue weighted by Gasteiger charge is 2.18. The number of para-hydroxylation sites is 1. The first kappa shape index (κ1) is 20.0. The molecule has 0 saturated carbocycles. The molecule has 0 fully saturated rings. The third-order valence-electron chi connectivity index (χ3n) is 4.04. The summed E-state index contributed by atoms with van der Waals surface area (Å²) in [7, 11) is 0. The molecule has 3 rings (SSSR count). The summed E-state index contributed by atoms with van der Waals surface area (Å²) in [5, 5.41) is 6.84. The minimum Gasteiger partial charge on any atom is -0.334 e. The monoisotopic (exact) mass is 403 g/mol. The van der Waals surface area contributed by atoms with Crippen LogP contribution in [-0.4, -0.2) is 21.8 Å². The third kappa shape index (κ3) is 4.56. The van der Waals surface area contributed by atoms with Crippen LogP contribution in [0.5, 0.6) is 0 Å². The van der Waals surface area contributed by atoms with Crippen LogP contribution in [0.2, 0.25) is 0 Å². The van der Waals surface area contributed by atoms with Gasteiger partial charge in [-0.2, -0.15) is 13.8 Å². The van der Waals surface area contributed by atoms with Crippen molar-refractivity contribution in [3.63, 3.8) is 0 Å². The van der Waals surface area contributed by atoms with Crippen molar-refractivity contribution in [2.45, 2.75) is 37.3 Å². The Bertz CT molecular complexity index is 972. The highest BCUT2D eigenvalue weighted by Crippen LogP contribution is 2.31. The lowest BCUT2D eigenvalue weighted by molar-refractivity contribution is 0.102. The molecule has 0 saturated heterocycles. The maximum absolute atomic E-state index is 12.7. The lowest BCUT2D eigenvalue weighted by atomic mass is 10.1. The van der Waals surface area contributed by atoms with Crippen molar-refractivity contribution in [1.29, 1.82) is 0 Å². The van der Waals surface area contributed by atoms with E-state index in [2.05, 4.69) is 15.5 Å². The summed E-state index contributed by atoms with van der Waals surface area (Å²) >= 11 is 0.437. The zero-order chi connectivity index (χ0) is 20.3. The fourth-order valence-electron chi connectivity index (χ4n) is 2.56. The first-order valence-corrected chi connectivity index (χ1v) is 9.53. The average molecular weight is 403 g/mol. The van der Waals surface area contributed by atoms with Gasteiger partial charge in [0.2, 0.25) is 0 Å². The second-order valence-corrected chi connectivity index (χ2v) is 7.53. The minimum absolute atomic E-state index is 0.116. The van der Waals surface area contributed by atoms with Crippen LogP contribution in [0.1, 0.15) is 41.5 Å². The van der Waals surface area contributed by atoms with Crippen LogP contribution in [0.4, 0.5) is 14.5 Å². The van der Waals surface area contributed by atoms with Gasteiger partial charge in [-0.05, 0) is 42.8 Å². The van der Waals surface area contributed by atoms with E-state index in [4.69, 9.17) is 4.52 Å². The number of nitrogens with one attached hydrogen (secondary N) is 1. The quantitative estimate of drug-likeness (QED) is 0.532. The number of carbonyl (C=O) groups is 1. The number of thioether (sulfide) groups is 1. The molecular formula is C20H19F2N3O2S. The highest BCUT2D eigenvalue weighted by molar-refractivity contribution is 7.99. The fraction of sp³-hybridized carbons (Fsp3) is 0.250. The van der Waals surface area contributed by atoms with Crippen molar-refractivity contribution < 1.29 is 18.1 Å². The number of hydrogen-bond acceptors (Lipinski definition) is 5. The molecule has 8 heteroatoms. The Labute approximate surface area is 165 Å². The van der Waals surface area contributed by atoms with E-state index in [9.17, 15) is 13.6 Å². The molecule has 1 amide bonds. The van der Waals surface area contributed by atoms with Crippen molar-refractivity contribution in [3.8, 4) is 11.5 Å². The summed E-state index contributed by atoms with van der Waals surface area (Å²) in [5.74, 6) is -1.83. The predicted molar refractivity (Wildman–Crippen MR) is 105 cm³/mol. The summed E-state index contributed by atoms with van der Waals surface area (Å²) in [4.78, 5) is 17.5. The number of aryl methyl sites for hydroxylation is 1. The Kier molecular flexibility index (Phi) is 6.08. The SMILES string of the molecule is Cc1cccc(-c2nc(C(C)C)no2)c1NC(=O)c1ccc(SC(F)F)cc1. The number of nitrogens with zero attached hydrogens (tertiary/aromatic N) is 2. The first-order valence-electron chi connectivity index (χ1n) is 8.65. The molecule has 0 aliphatic heterocycles. The normalized spacial score (nSPS) is 11.2. The van der Waals surface area contributed by atoms with Gasteiger partial charge in [-0.3, -0.25) is 4.79 Å². The van der Waals surface area contributed by atoms with Gasteiger partial charge < -0.3 is 9.84 Å². The number of halogens is 2. The molecule has 0 atom stereocenters. The van der Waals surface area contributed by atoms with Gasteiger partial charge in [0.1, 0.15) is 0 Å². The van der Waals surface area contributed by atoms with Crippen LogP contribution in [0.25, 0.3) is 11.5 Å². The largest absolute Gasteiger partial charge is 0.334 e. The number of carbonyl (C=O) groups excluding carboxylic acids is 1. The van der Waals surface area contributed by atoms with Crippen LogP contribution in [0, 0.1) is 6.92 Å². The zero-order valence-corrected chi connectivity index (χ0v) is 16.4. The highest BCUT2D eigenvalue weighted by atomic mass is 32.2. The van der Waals surface area contributed by atoms with Gasteiger partial charge in [0.15, 0.2) is 5.82 Å². The maximum Gasteiger partial charge on any atom is 0.288 e. The Morgan fingerprint density at radius 1 is 1.14 bits per heavy atom. The van der Waals surface area contributed by atoms with E-state index in [0.717, 1.165) is 5.56 Å². The summed E-state index contributed by atoms with van der Waals surface area (Å²) < 4.78 is 30.2. The van der Waals surface area contributed by atoms with E-state index in [1.807, 2.05) is 32.9 Å². The van der Waals surface area contributed by atoms with Crippen molar-refractivity contribution in [2.75, 3.05) is 5.32 Å². The van der Waals surface area contributed by atoms with Gasteiger partial charge in [0.25, 0.3) is 17.6 Å². The molecule has 0 spiro atoms. The molecule has 0 aliphatic carbocycles. The van der Waals surface area contributed by atoms with E-state index in [1.165, 1.54) is 24.3 Å². The van der Waals surface area contributed by atoms with Crippen LogP contribution in [-0.2, 0) is 0 Å². The Hall–Kier alpha value is -2.74. The standard InChI is InChI=1S/C20H19F2N3O2S/c1-11(2)17-24-19(27-25-17)15-6-4-5-12(3)16(15)23-18(26)13-7-9-14(10-8-13)28-20(21)22/h4-11,20H,1-3H3,(H,23,26). The number of benzene rings is 2. The van der Waals surface area contributed by atoms with Crippen molar-refractivity contribution >= 4 is 23.4 Å². The van der Waals surface area contributed by atoms with Gasteiger partial charge in [-0.15, -0.1) is 0 Å². The van der Waals surface area contributed by atoms with Crippen LogP contribution in [0.15, 0.2) is 51.9 Å². The summed E-state index contributed by atoms with van der Waals surface area (Å²) in [6.07, 6.45) is 0. The van der Waals surface area contributed by atoms with Crippen molar-refractivity contribution in [1.82, 2.24) is 10.1 Å². The Balaban J connectivity index is 1.86. The van der Waals surface area contributed by atoms with Crippen LogP contribution >= 0.6 is 11.8 Å². The number of aromatic nitrogens is 2. The molecule has 5 nitrogen and oxygen atoms in total. The Morgan fingerprint density at radius 3 is 2.46 bits per heavy atom. The van der Waals surface area contributed by atoms with Crippen molar-refractivity contribution in [3.05, 3.63) is 59.4 Å². The number of amides is 1. The molecule has 28 heavy (non-hydrogen) atoms. The topological polar surface area (TPSA) is 68.0 Å². The minimum atomic E-state index is -2.50. The molecule has 2 aromatic carbocycles. The third-order valence-corrected chi connectivity index (χ3v) is 4.76. The molecule has 1 N–H and O–H groups in total. The molecule has 146 valence electrons. The van der Waals surface area contributed by atoms with E-state index in [1.54, 1.807) is 6.07 Å². The molecule has 1 heterocycles. The molecule has 0 aliphatic rings. The average Bonchev–Trinajstić information content (AvgIpc) is 3.13. The summed E-state index contributed by atoms with van der Waals surface area (Å²) in [6.45, 7) is 5.79.